The topological polar surface area (TPSA) is 106 Å². The standard InChI is InChI=1S/C26H23Cl2N3O4S/c1-30-26(32)24-19-12-18(14-3-4-14)22(13-23(19)35-25(24)15-5-7-16(27)8-6-15)31(36(2,33)34)17-9-10-21(29)20(28)11-17/h5-14H,3-4,29H2,1-2H3,(H,30,32). The summed E-state index contributed by atoms with van der Waals surface area (Å²) in [6.45, 7) is 0. The van der Waals surface area contributed by atoms with Crippen molar-refractivity contribution in [2.45, 2.75) is 18.8 Å². The molecule has 7 nitrogen and oxygen atoms in total. The van der Waals surface area contributed by atoms with E-state index in [-0.39, 0.29) is 16.8 Å². The molecule has 3 N–H and O–H groups in total. The van der Waals surface area contributed by atoms with Crippen molar-refractivity contribution >= 4 is 67.2 Å². The Labute approximate surface area is 218 Å². The predicted molar refractivity (Wildman–Crippen MR) is 145 cm³/mol. The molecule has 36 heavy (non-hydrogen) atoms. The first kappa shape index (κ1) is 24.5. The minimum absolute atomic E-state index is 0.157. The van der Waals surface area contributed by atoms with Crippen LogP contribution in [0.3, 0.4) is 0 Å². The lowest BCUT2D eigenvalue weighted by atomic mass is 10.00. The Kier molecular flexibility index (Phi) is 6.14. The predicted octanol–water partition coefficient (Wildman–Crippen LogP) is 6.32. The quantitative estimate of drug-likeness (QED) is 0.276. The van der Waals surface area contributed by atoms with Gasteiger partial charge in [0.25, 0.3) is 5.91 Å². The SMILES string of the molecule is CNC(=O)c1c(-c2ccc(Cl)cc2)oc2cc(N(c3ccc(N)c(Cl)c3)S(C)(=O)=O)c(C3CC3)cc12. The zero-order valence-corrected chi connectivity index (χ0v) is 21.8. The molecular formula is C26H23Cl2N3O4S. The summed E-state index contributed by atoms with van der Waals surface area (Å²) < 4.78 is 33.6. The number of furan rings is 1. The second kappa shape index (κ2) is 9.03. The average Bonchev–Trinajstić information content (AvgIpc) is 3.61. The maximum atomic E-state index is 13.1. The summed E-state index contributed by atoms with van der Waals surface area (Å²) in [5, 5.41) is 4.10. The summed E-state index contributed by atoms with van der Waals surface area (Å²) >= 11 is 12.3. The van der Waals surface area contributed by atoms with Gasteiger partial charge >= 0.3 is 0 Å². The molecule has 4 aromatic rings. The maximum absolute atomic E-state index is 13.1. The van der Waals surface area contributed by atoms with Gasteiger partial charge in [0.2, 0.25) is 10.0 Å². The zero-order valence-electron chi connectivity index (χ0n) is 19.5. The number of rotatable bonds is 6. The number of nitrogens with two attached hydrogens (primary N) is 1. The number of benzene rings is 3. The lowest BCUT2D eigenvalue weighted by molar-refractivity contribution is 0.0964. The van der Waals surface area contributed by atoms with Gasteiger partial charge in [0.1, 0.15) is 11.3 Å². The molecule has 0 spiro atoms. The smallest absolute Gasteiger partial charge is 0.255 e. The second-order valence-corrected chi connectivity index (χ2v) is 11.5. The molecule has 1 aliphatic rings. The number of halogens is 2. The summed E-state index contributed by atoms with van der Waals surface area (Å²) in [6, 6.07) is 15.2. The molecule has 1 saturated carbocycles. The number of amides is 1. The minimum Gasteiger partial charge on any atom is -0.455 e. The molecule has 186 valence electrons. The summed E-state index contributed by atoms with van der Waals surface area (Å²) in [5.41, 5.74) is 9.27. The van der Waals surface area contributed by atoms with Crippen LogP contribution in [0.2, 0.25) is 10.0 Å². The van der Waals surface area contributed by atoms with Crippen molar-refractivity contribution in [1.29, 1.82) is 0 Å². The number of carbonyl (C=O) groups is 1. The number of nitrogens with zero attached hydrogens (tertiary/aromatic N) is 1. The third-order valence-corrected chi connectivity index (χ3v) is 7.83. The molecule has 0 aliphatic heterocycles. The molecule has 1 heterocycles. The van der Waals surface area contributed by atoms with E-state index >= 15 is 0 Å². The van der Waals surface area contributed by atoms with Crippen LogP contribution >= 0.6 is 23.2 Å². The summed E-state index contributed by atoms with van der Waals surface area (Å²) in [6.07, 6.45) is 2.96. The van der Waals surface area contributed by atoms with Crippen molar-refractivity contribution in [1.82, 2.24) is 5.32 Å². The number of nitrogens with one attached hydrogen (secondary N) is 1. The van der Waals surface area contributed by atoms with Gasteiger partial charge in [-0.05, 0) is 72.9 Å². The van der Waals surface area contributed by atoms with Crippen molar-refractivity contribution < 1.29 is 17.6 Å². The van der Waals surface area contributed by atoms with Crippen LogP contribution in [-0.4, -0.2) is 27.6 Å². The first-order chi connectivity index (χ1) is 17.1. The fourth-order valence-electron chi connectivity index (χ4n) is 4.35. The highest BCUT2D eigenvalue weighted by Gasteiger charge is 2.34. The van der Waals surface area contributed by atoms with Crippen molar-refractivity contribution in [3.63, 3.8) is 0 Å². The highest BCUT2D eigenvalue weighted by molar-refractivity contribution is 7.92. The maximum Gasteiger partial charge on any atom is 0.255 e. The van der Waals surface area contributed by atoms with Crippen molar-refractivity contribution in [3.8, 4) is 11.3 Å². The third kappa shape index (κ3) is 4.40. The van der Waals surface area contributed by atoms with E-state index in [4.69, 9.17) is 33.4 Å². The van der Waals surface area contributed by atoms with Crippen LogP contribution in [0, 0.1) is 0 Å². The van der Waals surface area contributed by atoms with Gasteiger partial charge in [0.15, 0.2) is 0 Å². The first-order valence-corrected chi connectivity index (χ1v) is 13.8. The zero-order chi connectivity index (χ0) is 25.8. The van der Waals surface area contributed by atoms with E-state index in [0.29, 0.717) is 49.9 Å². The Bertz CT molecular complexity index is 1610. The van der Waals surface area contributed by atoms with Crippen LogP contribution in [0.5, 0.6) is 0 Å². The number of fused-ring (bicyclic) bond motifs is 1. The van der Waals surface area contributed by atoms with Gasteiger partial charge in [0, 0.05) is 29.1 Å². The van der Waals surface area contributed by atoms with E-state index in [9.17, 15) is 13.2 Å². The number of nitrogen functional groups attached to an aromatic ring is 1. The van der Waals surface area contributed by atoms with Crippen LogP contribution in [0.4, 0.5) is 17.1 Å². The van der Waals surface area contributed by atoms with E-state index in [0.717, 1.165) is 24.7 Å². The fraction of sp³-hybridized carbons (Fsp3) is 0.192. The number of carbonyl (C=O) groups excluding carboxylic acids is 1. The molecular weight excluding hydrogens is 521 g/mol. The Balaban J connectivity index is 1.80. The molecule has 0 atom stereocenters. The molecule has 0 saturated heterocycles. The molecule has 1 aromatic heterocycles. The Morgan fingerprint density at radius 2 is 1.78 bits per heavy atom. The molecule has 0 radical (unpaired) electrons. The van der Waals surface area contributed by atoms with Gasteiger partial charge in [-0.2, -0.15) is 0 Å². The van der Waals surface area contributed by atoms with E-state index < -0.39 is 10.0 Å². The molecule has 1 amide bonds. The van der Waals surface area contributed by atoms with E-state index in [1.54, 1.807) is 49.5 Å². The Morgan fingerprint density at radius 3 is 2.36 bits per heavy atom. The summed E-state index contributed by atoms with van der Waals surface area (Å²) in [5.74, 6) is 0.226. The molecule has 1 fully saturated rings. The molecule has 5 rings (SSSR count). The van der Waals surface area contributed by atoms with E-state index in [1.165, 1.54) is 10.4 Å². The van der Waals surface area contributed by atoms with Gasteiger partial charge in [-0.3, -0.25) is 4.79 Å². The molecule has 0 bridgehead atoms. The summed E-state index contributed by atoms with van der Waals surface area (Å²) in [7, 11) is -2.23. The van der Waals surface area contributed by atoms with Crippen molar-refractivity contribution in [2.24, 2.45) is 0 Å². The van der Waals surface area contributed by atoms with Crippen LogP contribution in [0.15, 0.2) is 59.0 Å². The first-order valence-electron chi connectivity index (χ1n) is 11.2. The van der Waals surface area contributed by atoms with E-state index in [2.05, 4.69) is 5.32 Å². The van der Waals surface area contributed by atoms with E-state index in [1.807, 2.05) is 6.07 Å². The molecule has 10 heteroatoms. The minimum atomic E-state index is -3.78. The third-order valence-electron chi connectivity index (χ3n) is 6.18. The van der Waals surface area contributed by atoms with Gasteiger partial charge in [-0.1, -0.05) is 23.2 Å². The number of anilines is 3. The Hall–Kier alpha value is -3.20. The monoisotopic (exact) mass is 543 g/mol. The molecule has 1 aliphatic carbocycles. The number of hydrogen-bond acceptors (Lipinski definition) is 5. The number of sulfonamides is 1. The van der Waals surface area contributed by atoms with Crippen LogP contribution in [-0.2, 0) is 10.0 Å². The van der Waals surface area contributed by atoms with Crippen LogP contribution < -0.4 is 15.4 Å². The van der Waals surface area contributed by atoms with Gasteiger partial charge < -0.3 is 15.5 Å². The highest BCUT2D eigenvalue weighted by Crippen LogP contribution is 2.49. The lowest BCUT2D eigenvalue weighted by Gasteiger charge is -2.25. The van der Waals surface area contributed by atoms with Crippen LogP contribution in [0.25, 0.3) is 22.3 Å². The Morgan fingerprint density at radius 1 is 1.08 bits per heavy atom. The van der Waals surface area contributed by atoms with Crippen molar-refractivity contribution in [2.75, 3.05) is 23.3 Å². The molecule has 0 unspecified atom stereocenters. The van der Waals surface area contributed by atoms with Gasteiger partial charge in [0.05, 0.1) is 33.9 Å². The number of hydrogen-bond donors (Lipinski definition) is 2. The molecule has 3 aromatic carbocycles. The van der Waals surface area contributed by atoms with Crippen LogP contribution in [0.1, 0.15) is 34.7 Å². The van der Waals surface area contributed by atoms with Gasteiger partial charge in [-0.25, -0.2) is 12.7 Å². The second-order valence-electron chi connectivity index (χ2n) is 8.81. The highest BCUT2D eigenvalue weighted by atomic mass is 35.5. The lowest BCUT2D eigenvalue weighted by Crippen LogP contribution is -2.25. The normalized spacial score (nSPS) is 13.7. The largest absolute Gasteiger partial charge is 0.455 e. The summed E-state index contributed by atoms with van der Waals surface area (Å²) in [4.78, 5) is 13.0. The fourth-order valence-corrected chi connectivity index (χ4v) is 5.67. The van der Waals surface area contributed by atoms with Gasteiger partial charge in [-0.15, -0.1) is 0 Å². The average molecular weight is 544 g/mol. The van der Waals surface area contributed by atoms with Crippen molar-refractivity contribution in [3.05, 3.63) is 75.8 Å².